The van der Waals surface area contributed by atoms with Gasteiger partial charge in [0.15, 0.2) is 0 Å². The van der Waals surface area contributed by atoms with E-state index in [1.54, 1.807) is 24.4 Å². The average molecular weight is 753 g/mol. The van der Waals surface area contributed by atoms with Crippen LogP contribution in [0.1, 0.15) is 49.8 Å². The Morgan fingerprint density at radius 1 is 1.04 bits per heavy atom. The Hall–Kier alpha value is -3.55. The summed E-state index contributed by atoms with van der Waals surface area (Å²) >= 11 is 12.9. The maximum absolute atomic E-state index is 15.8. The minimum Gasteiger partial charge on any atom is -0.495 e. The Bertz CT molecular complexity index is 1940. The highest BCUT2D eigenvalue weighted by Crippen LogP contribution is 2.38. The third kappa shape index (κ3) is 8.66. The summed E-state index contributed by atoms with van der Waals surface area (Å²) in [6.07, 6.45) is 2.34. The molecule has 0 aliphatic rings. The third-order valence-corrected chi connectivity index (χ3v) is 11.3. The first-order valence-corrected chi connectivity index (χ1v) is 18.2. The second kappa shape index (κ2) is 15.4. The van der Waals surface area contributed by atoms with E-state index in [-0.39, 0.29) is 30.0 Å². The number of quaternary nitrogens is 1. The monoisotopic (exact) mass is 751 g/mol. The molecule has 0 aliphatic heterocycles. The molecule has 1 atom stereocenters. The Labute approximate surface area is 302 Å². The van der Waals surface area contributed by atoms with Crippen LogP contribution < -0.4 is 4.74 Å². The molecule has 0 saturated heterocycles. The molecule has 3 aromatic carbocycles. The van der Waals surface area contributed by atoms with Gasteiger partial charge in [-0.25, -0.2) is 22.2 Å². The van der Waals surface area contributed by atoms with Gasteiger partial charge in [0.25, 0.3) is 0 Å². The van der Waals surface area contributed by atoms with E-state index in [0.29, 0.717) is 39.7 Å². The first-order chi connectivity index (χ1) is 23.3. The molecule has 1 heterocycles. The van der Waals surface area contributed by atoms with Crippen LogP contribution in [0.3, 0.4) is 0 Å². The van der Waals surface area contributed by atoms with E-state index in [2.05, 4.69) is 4.98 Å². The van der Waals surface area contributed by atoms with Crippen molar-refractivity contribution in [1.82, 2.24) is 13.9 Å². The summed E-state index contributed by atoms with van der Waals surface area (Å²) < 4.78 is 65.9. The van der Waals surface area contributed by atoms with Gasteiger partial charge in [0.05, 0.1) is 50.4 Å². The number of rotatable bonds is 15. The number of methoxy groups -OCH3 is 1. The molecule has 0 bridgehead atoms. The smallest absolute Gasteiger partial charge is 0.321 e. The number of aromatic nitrogens is 2. The number of benzene rings is 3. The predicted molar refractivity (Wildman–Crippen MR) is 191 cm³/mol. The van der Waals surface area contributed by atoms with Crippen molar-refractivity contribution in [2.24, 2.45) is 0 Å². The number of nitrogens with zero attached hydrogens (tertiary/aromatic N) is 4. The van der Waals surface area contributed by atoms with E-state index in [9.17, 15) is 22.7 Å². The van der Waals surface area contributed by atoms with Crippen molar-refractivity contribution in [3.63, 3.8) is 0 Å². The van der Waals surface area contributed by atoms with Gasteiger partial charge in [-0.15, -0.1) is 0 Å². The van der Waals surface area contributed by atoms with Gasteiger partial charge >= 0.3 is 5.97 Å². The van der Waals surface area contributed by atoms with Crippen molar-refractivity contribution in [3.8, 4) is 11.4 Å². The lowest BCUT2D eigenvalue weighted by molar-refractivity contribution is -0.870. The molecule has 0 amide bonds. The fourth-order valence-corrected chi connectivity index (χ4v) is 8.00. The number of hydrogen-bond donors (Lipinski definition) is 1. The lowest BCUT2D eigenvalue weighted by Gasteiger charge is -2.29. The van der Waals surface area contributed by atoms with Gasteiger partial charge < -0.3 is 14.3 Å². The minimum atomic E-state index is -4.43. The van der Waals surface area contributed by atoms with Crippen LogP contribution in [0.2, 0.25) is 10.0 Å². The molecule has 14 heteroatoms. The van der Waals surface area contributed by atoms with Crippen LogP contribution >= 0.6 is 23.2 Å². The largest absolute Gasteiger partial charge is 0.495 e. The molecule has 0 unspecified atom stereocenters. The molecular weight excluding hydrogens is 709 g/mol. The molecule has 0 aliphatic carbocycles. The Morgan fingerprint density at radius 3 is 2.28 bits per heavy atom. The van der Waals surface area contributed by atoms with Crippen molar-refractivity contribution in [1.29, 1.82) is 0 Å². The predicted octanol–water partition coefficient (Wildman–Crippen LogP) is 7.14. The van der Waals surface area contributed by atoms with Gasteiger partial charge in [0.2, 0.25) is 10.0 Å². The average Bonchev–Trinajstić information content (AvgIpc) is 3.47. The summed E-state index contributed by atoms with van der Waals surface area (Å²) in [4.78, 5) is 16.1. The van der Waals surface area contributed by atoms with E-state index in [1.807, 2.05) is 51.7 Å². The Kier molecular flexibility index (Phi) is 12.1. The van der Waals surface area contributed by atoms with Crippen LogP contribution in [-0.2, 0) is 33.1 Å². The van der Waals surface area contributed by atoms with Crippen LogP contribution in [0.25, 0.3) is 5.69 Å². The van der Waals surface area contributed by atoms with E-state index in [0.717, 1.165) is 27.7 Å². The van der Waals surface area contributed by atoms with Gasteiger partial charge in [-0.05, 0) is 67.4 Å². The molecule has 270 valence electrons. The number of carboxylic acid groups (broad SMARTS) is 1. The number of carboxylic acids is 1. The number of sulfonamides is 1. The fourth-order valence-electron chi connectivity index (χ4n) is 5.77. The first-order valence-electron chi connectivity index (χ1n) is 16.0. The number of imidazole rings is 1. The second-order valence-electron chi connectivity index (χ2n) is 13.7. The first kappa shape index (κ1) is 39.2. The van der Waals surface area contributed by atoms with E-state index < -0.39 is 44.0 Å². The summed E-state index contributed by atoms with van der Waals surface area (Å²) in [6, 6.07) is 12.1. The van der Waals surface area contributed by atoms with Crippen LogP contribution in [0.5, 0.6) is 5.75 Å². The zero-order valence-corrected chi connectivity index (χ0v) is 31.5. The fraction of sp³-hybridized carbons (Fsp3) is 0.389. The van der Waals surface area contributed by atoms with Crippen molar-refractivity contribution >= 4 is 39.2 Å². The van der Waals surface area contributed by atoms with Crippen molar-refractivity contribution in [2.45, 2.75) is 56.4 Å². The van der Waals surface area contributed by atoms with E-state index in [4.69, 9.17) is 27.9 Å². The molecule has 0 fully saturated rings. The number of carbonyl (C=O) groups is 1. The summed E-state index contributed by atoms with van der Waals surface area (Å²) in [7, 11) is 2.93. The van der Waals surface area contributed by atoms with Gasteiger partial charge in [0, 0.05) is 47.3 Å². The highest BCUT2D eigenvalue weighted by Gasteiger charge is 2.35. The number of aliphatic carboxylic acids is 1. The number of aryl methyl sites for hydroxylation is 1. The summed E-state index contributed by atoms with van der Waals surface area (Å²) in [5.74, 6) is -1.54. The lowest BCUT2D eigenvalue weighted by atomic mass is 9.81. The maximum atomic E-state index is 15.8. The zero-order chi connectivity index (χ0) is 37.2. The Morgan fingerprint density at radius 2 is 1.70 bits per heavy atom. The molecule has 1 N–H and O–H groups in total. The standard InChI is InChI=1S/C36H42Cl2F2N4O5S/c1-23(35(45)46)42(17-8-18-44(4,5)6)50(47,48)27-20-30(38)28(31(40)21-27)14-16-34-41-22-33(43(34)26-12-10-25(39)11-13-26)36(2,3)24-9-15-29(37)32(19-24)49-7/h9-13,15,19-23H,8,14,16-18H2,1-7H3/p+1/t23-/m1/s1. The van der Waals surface area contributed by atoms with Crippen molar-refractivity contribution in [3.05, 3.63) is 105 Å². The quantitative estimate of drug-likeness (QED) is 0.130. The highest BCUT2D eigenvalue weighted by molar-refractivity contribution is 7.89. The van der Waals surface area contributed by atoms with Gasteiger partial charge in [-0.1, -0.05) is 43.1 Å². The van der Waals surface area contributed by atoms with Crippen LogP contribution in [0, 0.1) is 11.6 Å². The van der Waals surface area contributed by atoms with Gasteiger partial charge in [-0.2, -0.15) is 4.31 Å². The summed E-state index contributed by atoms with van der Waals surface area (Å²) in [5.41, 5.74) is 1.69. The lowest BCUT2D eigenvalue weighted by Crippen LogP contribution is -2.45. The molecule has 9 nitrogen and oxygen atoms in total. The van der Waals surface area contributed by atoms with Gasteiger partial charge in [0.1, 0.15) is 29.3 Å². The van der Waals surface area contributed by atoms with Crippen molar-refractivity contribution in [2.75, 3.05) is 41.3 Å². The van der Waals surface area contributed by atoms with Crippen LogP contribution in [0.15, 0.2) is 65.7 Å². The zero-order valence-electron chi connectivity index (χ0n) is 29.2. The second-order valence-corrected chi connectivity index (χ2v) is 16.4. The normalized spacial score (nSPS) is 13.1. The molecule has 0 spiro atoms. The van der Waals surface area contributed by atoms with Crippen LogP contribution in [0.4, 0.5) is 8.78 Å². The minimum absolute atomic E-state index is 0.0522. The molecule has 4 aromatic rings. The Balaban J connectivity index is 1.70. The molecule has 4 rings (SSSR count). The summed E-state index contributed by atoms with van der Waals surface area (Å²) in [6.45, 7) is 5.80. The number of halogens is 4. The molecule has 50 heavy (non-hydrogen) atoms. The number of ether oxygens (including phenoxy) is 1. The topological polar surface area (TPSA) is 102 Å². The maximum Gasteiger partial charge on any atom is 0.321 e. The third-order valence-electron chi connectivity index (χ3n) is 8.75. The van der Waals surface area contributed by atoms with E-state index >= 15 is 4.39 Å². The molecule has 0 radical (unpaired) electrons. The molecule has 1 aromatic heterocycles. The number of hydrogen-bond acceptors (Lipinski definition) is 5. The molecular formula is C36H43Cl2F2N4O5S+. The molecule has 0 saturated carbocycles. The highest BCUT2D eigenvalue weighted by atomic mass is 35.5. The van der Waals surface area contributed by atoms with Crippen molar-refractivity contribution < 1.29 is 36.3 Å². The van der Waals surface area contributed by atoms with E-state index in [1.165, 1.54) is 26.2 Å². The summed E-state index contributed by atoms with van der Waals surface area (Å²) in [5, 5.41) is 10.0. The van der Waals surface area contributed by atoms with Gasteiger partial charge in [-0.3, -0.25) is 9.36 Å². The SMILES string of the molecule is COc1cc(C(C)(C)c2cnc(CCc3c(F)cc(S(=O)(=O)N(CCC[N+](C)(C)C)[C@H](C)C(=O)O)cc3Cl)n2-c2ccc(F)cc2)ccc1Cl. The van der Waals surface area contributed by atoms with Crippen LogP contribution in [-0.4, -0.2) is 85.2 Å².